The molecule has 0 aromatic heterocycles. The highest BCUT2D eigenvalue weighted by Gasteiger charge is 2.50. The predicted molar refractivity (Wildman–Crippen MR) is 280 cm³/mol. The van der Waals surface area contributed by atoms with Crippen LogP contribution in [0.5, 0.6) is 0 Å². The number of amides is 2. The molecule has 2 saturated heterocycles. The maximum Gasteiger partial charge on any atom is 0.255 e. The Morgan fingerprint density at radius 2 is 1.12 bits per heavy atom. The number of ether oxygens (including phenoxy) is 8. The minimum Gasteiger partial charge on any atom is -0.374 e. The minimum atomic E-state index is -0.987. The molecular formula is C61H70N2O10. The maximum atomic E-state index is 13.9. The predicted octanol–water partition coefficient (Wildman–Crippen LogP) is 10.7. The van der Waals surface area contributed by atoms with Crippen LogP contribution in [0.15, 0.2) is 170 Å². The number of benzene rings is 6. The van der Waals surface area contributed by atoms with Crippen molar-refractivity contribution in [2.75, 3.05) is 18.5 Å². The average Bonchev–Trinajstić information content (AvgIpc) is 3.70. The standard InChI is InChI=1S/C61H70N2O10/c1-43-29-33-50(34-30-43)59(65)62-51-35-31-45(32-36-51)19-17-18-28-54(64)63-52(55-44(2)72-61(3,4)73-55)41-70-60-58(69-40-49-26-15-8-16-27-49)57(68-39-48-24-13-7-14-25-48)56(67-38-47-22-11-6-12-23-47)53(71-60)42-66-37-46-20-9-5-10-21-46/h5-16,20-27,29-36,44,52-53,55-58,60H,17-19,28,37-42H2,1-4H3,(H,62,65)(H,63,64)/t44-,52+,53?,55-,56?,57?,58?,60?/m1/s1. The molecular weight excluding hydrogens is 921 g/mol. The van der Waals surface area contributed by atoms with Crippen molar-refractivity contribution in [3.63, 3.8) is 0 Å². The van der Waals surface area contributed by atoms with Crippen molar-refractivity contribution in [1.29, 1.82) is 0 Å². The fraction of sp³-hybridized carbons (Fsp3) is 0.377. The number of hydrogen-bond donors (Lipinski definition) is 2. The smallest absolute Gasteiger partial charge is 0.255 e. The van der Waals surface area contributed by atoms with Crippen LogP contribution in [0.4, 0.5) is 5.69 Å². The van der Waals surface area contributed by atoms with Gasteiger partial charge in [0.05, 0.1) is 51.8 Å². The van der Waals surface area contributed by atoms with Crippen LogP contribution in [0.3, 0.4) is 0 Å². The lowest BCUT2D eigenvalue weighted by molar-refractivity contribution is -0.329. The molecule has 0 spiro atoms. The SMILES string of the molecule is Cc1ccc(C(=O)Nc2ccc(CCCCC(=O)N[C@@H](COC3OC(COCc4ccccc4)C(OCc4ccccc4)C(OCc4ccccc4)C3OCc3ccccc3)[C@@H]3OC(C)(C)O[C@@H]3C)cc2)cc1. The van der Waals surface area contributed by atoms with E-state index in [4.69, 9.17) is 37.9 Å². The molecule has 0 radical (unpaired) electrons. The van der Waals surface area contributed by atoms with E-state index < -0.39 is 48.6 Å². The van der Waals surface area contributed by atoms with Crippen molar-refractivity contribution in [2.24, 2.45) is 0 Å². The van der Waals surface area contributed by atoms with Gasteiger partial charge in [-0.2, -0.15) is 0 Å². The third-order valence-electron chi connectivity index (χ3n) is 13.0. The second-order valence-corrected chi connectivity index (χ2v) is 19.4. The second-order valence-electron chi connectivity index (χ2n) is 19.4. The van der Waals surface area contributed by atoms with Crippen LogP contribution < -0.4 is 10.6 Å². The van der Waals surface area contributed by atoms with Gasteiger partial charge in [-0.25, -0.2) is 0 Å². The molecule has 2 aliphatic heterocycles. The van der Waals surface area contributed by atoms with Gasteiger partial charge in [-0.15, -0.1) is 0 Å². The van der Waals surface area contributed by atoms with Gasteiger partial charge in [0, 0.05) is 17.7 Å². The molecule has 2 aliphatic rings. The molecule has 2 amide bonds. The molecule has 0 aliphatic carbocycles. The highest BCUT2D eigenvalue weighted by Crippen LogP contribution is 2.34. The van der Waals surface area contributed by atoms with E-state index in [-0.39, 0.29) is 44.3 Å². The maximum absolute atomic E-state index is 13.9. The van der Waals surface area contributed by atoms with Crippen LogP contribution in [-0.4, -0.2) is 79.8 Å². The first kappa shape index (κ1) is 53.2. The van der Waals surface area contributed by atoms with Crippen LogP contribution in [0.2, 0.25) is 0 Å². The summed E-state index contributed by atoms with van der Waals surface area (Å²) in [6, 6.07) is 54.7. The van der Waals surface area contributed by atoms with Crippen LogP contribution >= 0.6 is 0 Å². The first-order valence-electron chi connectivity index (χ1n) is 25.5. The first-order valence-corrected chi connectivity index (χ1v) is 25.5. The van der Waals surface area contributed by atoms with E-state index in [1.54, 1.807) is 0 Å². The van der Waals surface area contributed by atoms with Crippen molar-refractivity contribution in [1.82, 2.24) is 5.32 Å². The molecule has 73 heavy (non-hydrogen) atoms. The molecule has 0 bridgehead atoms. The van der Waals surface area contributed by atoms with E-state index in [1.165, 1.54) is 0 Å². The molecule has 12 heteroatoms. The van der Waals surface area contributed by atoms with E-state index in [0.29, 0.717) is 31.6 Å². The number of carbonyl (C=O) groups is 2. The van der Waals surface area contributed by atoms with Gasteiger partial charge in [0.25, 0.3) is 5.91 Å². The molecule has 2 fully saturated rings. The summed E-state index contributed by atoms with van der Waals surface area (Å²) >= 11 is 0. The Kier molecular flexibility index (Phi) is 19.5. The lowest BCUT2D eigenvalue weighted by Crippen LogP contribution is -2.62. The van der Waals surface area contributed by atoms with Crippen LogP contribution in [-0.2, 0) is 75.5 Å². The quantitative estimate of drug-likeness (QED) is 0.0534. The summed E-state index contributed by atoms with van der Waals surface area (Å²) in [5.74, 6) is -1.16. The first-order chi connectivity index (χ1) is 35.5. The van der Waals surface area contributed by atoms with Crippen LogP contribution in [0, 0.1) is 6.92 Å². The number of hydrogen-bond acceptors (Lipinski definition) is 10. The molecule has 12 nitrogen and oxygen atoms in total. The van der Waals surface area contributed by atoms with E-state index in [9.17, 15) is 9.59 Å². The van der Waals surface area contributed by atoms with Crippen molar-refractivity contribution >= 4 is 17.5 Å². The van der Waals surface area contributed by atoms with Gasteiger partial charge in [-0.3, -0.25) is 9.59 Å². The number of anilines is 1. The zero-order chi connectivity index (χ0) is 50.8. The number of carbonyl (C=O) groups excluding carboxylic acids is 2. The van der Waals surface area contributed by atoms with Crippen molar-refractivity contribution in [3.8, 4) is 0 Å². The van der Waals surface area contributed by atoms with Gasteiger partial charge >= 0.3 is 0 Å². The zero-order valence-corrected chi connectivity index (χ0v) is 42.4. The summed E-state index contributed by atoms with van der Waals surface area (Å²) in [6.07, 6.45) is -2.14. The third-order valence-corrected chi connectivity index (χ3v) is 13.0. The van der Waals surface area contributed by atoms with Crippen molar-refractivity contribution in [3.05, 3.63) is 209 Å². The van der Waals surface area contributed by atoms with Gasteiger partial charge in [0.1, 0.15) is 30.5 Å². The lowest BCUT2D eigenvalue weighted by atomic mass is 9.97. The van der Waals surface area contributed by atoms with E-state index in [0.717, 1.165) is 51.9 Å². The van der Waals surface area contributed by atoms with E-state index >= 15 is 0 Å². The van der Waals surface area contributed by atoms with Gasteiger partial charge < -0.3 is 48.5 Å². The highest BCUT2D eigenvalue weighted by molar-refractivity contribution is 6.04. The minimum absolute atomic E-state index is 0.0153. The molecule has 6 aromatic rings. The Bertz CT molecular complexity index is 2570. The molecule has 6 aromatic carbocycles. The summed E-state index contributed by atoms with van der Waals surface area (Å²) in [6.45, 7) is 9.06. The van der Waals surface area contributed by atoms with Crippen LogP contribution in [0.25, 0.3) is 0 Å². The fourth-order valence-electron chi connectivity index (χ4n) is 9.23. The van der Waals surface area contributed by atoms with Crippen molar-refractivity contribution < 1.29 is 47.5 Å². The summed E-state index contributed by atoms with van der Waals surface area (Å²) in [5.41, 5.74) is 7.53. The Labute approximate surface area is 430 Å². The second kappa shape index (κ2) is 26.8. The normalized spacial score (nSPS) is 21.8. The Morgan fingerprint density at radius 3 is 1.67 bits per heavy atom. The lowest BCUT2D eigenvalue weighted by Gasteiger charge is -2.46. The fourth-order valence-corrected chi connectivity index (χ4v) is 9.23. The topological polar surface area (TPSA) is 132 Å². The number of unbranched alkanes of at least 4 members (excludes halogenated alkanes) is 1. The number of aryl methyl sites for hydroxylation is 2. The molecule has 384 valence electrons. The summed E-state index contributed by atoms with van der Waals surface area (Å²) < 4.78 is 53.7. The molecule has 5 unspecified atom stereocenters. The summed E-state index contributed by atoms with van der Waals surface area (Å²) in [7, 11) is 0. The molecule has 0 saturated carbocycles. The monoisotopic (exact) mass is 991 g/mol. The van der Waals surface area contributed by atoms with Gasteiger partial charge in [0.2, 0.25) is 5.91 Å². The Hall–Kier alpha value is -6.06. The molecule has 8 atom stereocenters. The molecule has 8 rings (SSSR count). The summed E-state index contributed by atoms with van der Waals surface area (Å²) in [5, 5.41) is 6.23. The van der Waals surface area contributed by atoms with E-state index in [1.807, 2.05) is 198 Å². The largest absolute Gasteiger partial charge is 0.374 e. The van der Waals surface area contributed by atoms with Gasteiger partial charge in [0.15, 0.2) is 12.1 Å². The van der Waals surface area contributed by atoms with Crippen LogP contribution in [0.1, 0.15) is 83.8 Å². The van der Waals surface area contributed by atoms with Crippen molar-refractivity contribution in [2.45, 2.75) is 135 Å². The number of nitrogens with one attached hydrogen (secondary N) is 2. The average molecular weight is 991 g/mol. The molecule has 2 heterocycles. The van der Waals surface area contributed by atoms with Gasteiger partial charge in [-0.1, -0.05) is 151 Å². The molecule has 2 N–H and O–H groups in total. The Balaban J connectivity index is 0.984. The zero-order valence-electron chi connectivity index (χ0n) is 42.4. The summed E-state index contributed by atoms with van der Waals surface area (Å²) in [4.78, 5) is 26.7. The van der Waals surface area contributed by atoms with E-state index in [2.05, 4.69) is 10.6 Å². The number of rotatable bonds is 25. The Morgan fingerprint density at radius 1 is 0.589 bits per heavy atom. The highest BCUT2D eigenvalue weighted by atomic mass is 16.8. The third kappa shape index (κ3) is 16.2. The van der Waals surface area contributed by atoms with Gasteiger partial charge in [-0.05, 0) is 99.0 Å².